The van der Waals surface area contributed by atoms with Crippen molar-refractivity contribution in [2.75, 3.05) is 13.7 Å². The smallest absolute Gasteiger partial charge is 0.254 e. The first-order valence-corrected chi connectivity index (χ1v) is 12.7. The van der Waals surface area contributed by atoms with Crippen LogP contribution in [0.4, 0.5) is 0 Å². The molecule has 1 aliphatic rings. The van der Waals surface area contributed by atoms with Gasteiger partial charge in [0.15, 0.2) is 5.76 Å². The standard InChI is InChI=1S/C26H32N4O5S/c1-15-23(36-14-28-15)17-8-6-16(7-9-17)12-27-24(32)19-10-18(31)13-30(19)25(33)22(26(2,3)4)20-11-21(34-5)29-35-20/h6-9,11,14,18-19,22,31H,10,12-13H2,1-5H3,(H,27,32)/t18-,19+,22?/m1/s1. The van der Waals surface area contributed by atoms with Crippen LogP contribution < -0.4 is 10.1 Å². The zero-order valence-electron chi connectivity index (χ0n) is 21.1. The second kappa shape index (κ2) is 10.4. The zero-order chi connectivity index (χ0) is 26.0. The van der Waals surface area contributed by atoms with Crippen molar-refractivity contribution in [2.24, 2.45) is 5.41 Å². The van der Waals surface area contributed by atoms with E-state index in [9.17, 15) is 14.7 Å². The quantitative estimate of drug-likeness (QED) is 0.497. The number of hydrogen-bond acceptors (Lipinski definition) is 8. The molecular formula is C26H32N4O5S. The molecule has 3 atom stereocenters. The maximum atomic E-state index is 13.7. The lowest BCUT2D eigenvalue weighted by Gasteiger charge is -2.33. The Balaban J connectivity index is 1.46. The summed E-state index contributed by atoms with van der Waals surface area (Å²) in [4.78, 5) is 33.7. The Morgan fingerprint density at radius 2 is 2.03 bits per heavy atom. The van der Waals surface area contributed by atoms with Gasteiger partial charge in [-0.3, -0.25) is 9.59 Å². The van der Waals surface area contributed by atoms with Crippen molar-refractivity contribution in [3.8, 4) is 16.3 Å². The first-order valence-electron chi connectivity index (χ1n) is 11.8. The number of likely N-dealkylation sites (tertiary alicyclic amines) is 1. The van der Waals surface area contributed by atoms with Crippen LogP contribution in [0.5, 0.6) is 5.88 Å². The number of carbonyl (C=O) groups excluding carboxylic acids is 2. The van der Waals surface area contributed by atoms with Crippen LogP contribution in [0.15, 0.2) is 40.4 Å². The van der Waals surface area contributed by atoms with Gasteiger partial charge in [0.1, 0.15) is 12.0 Å². The van der Waals surface area contributed by atoms with Crippen LogP contribution in [0.3, 0.4) is 0 Å². The summed E-state index contributed by atoms with van der Waals surface area (Å²) >= 11 is 1.59. The zero-order valence-corrected chi connectivity index (χ0v) is 22.0. The summed E-state index contributed by atoms with van der Waals surface area (Å²) in [5.41, 5.74) is 4.31. The summed E-state index contributed by atoms with van der Waals surface area (Å²) in [5.74, 6) is -0.648. The molecule has 1 fully saturated rings. The van der Waals surface area contributed by atoms with E-state index in [-0.39, 0.29) is 30.7 Å². The molecule has 1 aromatic carbocycles. The molecule has 36 heavy (non-hydrogen) atoms. The predicted octanol–water partition coefficient (Wildman–Crippen LogP) is 3.52. The molecule has 2 N–H and O–H groups in total. The van der Waals surface area contributed by atoms with Gasteiger partial charge in [0.25, 0.3) is 5.88 Å². The van der Waals surface area contributed by atoms with Crippen LogP contribution in [0.2, 0.25) is 0 Å². The van der Waals surface area contributed by atoms with Crippen molar-refractivity contribution in [1.29, 1.82) is 0 Å². The molecule has 3 aromatic rings. The monoisotopic (exact) mass is 512 g/mol. The van der Waals surface area contributed by atoms with Crippen LogP contribution in [-0.2, 0) is 16.1 Å². The molecule has 192 valence electrons. The van der Waals surface area contributed by atoms with E-state index in [1.165, 1.54) is 12.0 Å². The lowest BCUT2D eigenvalue weighted by Crippen LogP contribution is -2.49. The van der Waals surface area contributed by atoms with Crippen molar-refractivity contribution in [1.82, 2.24) is 20.4 Å². The second-order valence-electron chi connectivity index (χ2n) is 10.1. The number of carbonyl (C=O) groups is 2. The summed E-state index contributed by atoms with van der Waals surface area (Å²) in [5, 5.41) is 17.1. The van der Waals surface area contributed by atoms with Gasteiger partial charge in [0, 0.05) is 25.6 Å². The van der Waals surface area contributed by atoms with Crippen molar-refractivity contribution in [3.05, 3.63) is 52.9 Å². The highest BCUT2D eigenvalue weighted by atomic mass is 32.1. The highest BCUT2D eigenvalue weighted by molar-refractivity contribution is 7.13. The highest BCUT2D eigenvalue weighted by Gasteiger charge is 2.46. The number of amides is 2. The largest absolute Gasteiger partial charge is 0.479 e. The van der Waals surface area contributed by atoms with E-state index in [0.717, 1.165) is 21.7 Å². The van der Waals surface area contributed by atoms with Gasteiger partial charge in [-0.15, -0.1) is 11.3 Å². The topological polar surface area (TPSA) is 118 Å². The summed E-state index contributed by atoms with van der Waals surface area (Å²) in [6.07, 6.45) is -0.603. The number of aryl methyl sites for hydroxylation is 1. The number of methoxy groups -OCH3 is 1. The molecule has 2 aromatic heterocycles. The van der Waals surface area contributed by atoms with Crippen molar-refractivity contribution >= 4 is 23.2 Å². The van der Waals surface area contributed by atoms with Gasteiger partial charge in [0.2, 0.25) is 11.8 Å². The Morgan fingerprint density at radius 1 is 1.31 bits per heavy atom. The highest BCUT2D eigenvalue weighted by Crippen LogP contribution is 2.39. The van der Waals surface area contributed by atoms with Crippen LogP contribution in [0, 0.1) is 12.3 Å². The van der Waals surface area contributed by atoms with E-state index in [1.807, 2.05) is 57.5 Å². The number of aliphatic hydroxyl groups excluding tert-OH is 1. The predicted molar refractivity (Wildman–Crippen MR) is 136 cm³/mol. The van der Waals surface area contributed by atoms with Gasteiger partial charge < -0.3 is 24.6 Å². The minimum atomic E-state index is -0.781. The first-order chi connectivity index (χ1) is 17.1. The second-order valence-corrected chi connectivity index (χ2v) is 11.0. The molecule has 10 heteroatoms. The molecule has 9 nitrogen and oxygen atoms in total. The number of hydrogen-bond donors (Lipinski definition) is 2. The van der Waals surface area contributed by atoms with Crippen LogP contribution in [0.1, 0.15) is 50.1 Å². The number of nitrogens with one attached hydrogen (secondary N) is 1. The lowest BCUT2D eigenvalue weighted by atomic mass is 9.78. The van der Waals surface area contributed by atoms with Gasteiger partial charge in [-0.25, -0.2) is 4.98 Å². The number of benzene rings is 1. The third-order valence-corrected chi connectivity index (χ3v) is 7.38. The molecule has 3 heterocycles. The first kappa shape index (κ1) is 25.8. The van der Waals surface area contributed by atoms with Crippen molar-refractivity contribution in [3.63, 3.8) is 0 Å². The maximum Gasteiger partial charge on any atom is 0.254 e. The van der Waals surface area contributed by atoms with Crippen molar-refractivity contribution < 1.29 is 24.0 Å². The van der Waals surface area contributed by atoms with Crippen LogP contribution >= 0.6 is 11.3 Å². The molecule has 1 aliphatic heterocycles. The minimum absolute atomic E-state index is 0.0810. The van der Waals surface area contributed by atoms with E-state index in [1.54, 1.807) is 17.4 Å². The van der Waals surface area contributed by atoms with Gasteiger partial charge in [-0.1, -0.05) is 45.0 Å². The third kappa shape index (κ3) is 5.44. The van der Waals surface area contributed by atoms with Gasteiger partial charge >= 0.3 is 0 Å². The molecule has 1 saturated heterocycles. The Kier molecular flexibility index (Phi) is 7.46. The molecule has 4 rings (SSSR count). The average Bonchev–Trinajstić information content (AvgIpc) is 3.57. The number of thiazole rings is 1. The molecule has 1 unspecified atom stereocenters. The Bertz CT molecular complexity index is 1210. The fourth-order valence-corrected chi connectivity index (χ4v) is 5.37. The van der Waals surface area contributed by atoms with E-state index in [2.05, 4.69) is 15.5 Å². The fourth-order valence-electron chi connectivity index (χ4n) is 4.55. The summed E-state index contributed by atoms with van der Waals surface area (Å²) < 4.78 is 10.5. The number of ether oxygens (including phenoxy) is 1. The lowest BCUT2D eigenvalue weighted by molar-refractivity contribution is -0.142. The summed E-state index contributed by atoms with van der Waals surface area (Å²) in [7, 11) is 1.47. The molecule has 0 saturated carbocycles. The Morgan fingerprint density at radius 3 is 2.61 bits per heavy atom. The van der Waals surface area contributed by atoms with E-state index in [0.29, 0.717) is 12.3 Å². The van der Waals surface area contributed by atoms with Crippen LogP contribution in [0.25, 0.3) is 10.4 Å². The maximum absolute atomic E-state index is 13.7. The van der Waals surface area contributed by atoms with Gasteiger partial charge in [-0.05, 0) is 28.6 Å². The Hall–Kier alpha value is -3.24. The summed E-state index contributed by atoms with van der Waals surface area (Å²) in [6, 6.07) is 8.77. The third-order valence-electron chi connectivity index (χ3n) is 6.41. The van der Waals surface area contributed by atoms with Gasteiger partial charge in [-0.2, -0.15) is 0 Å². The Labute approximate surface area is 214 Å². The van der Waals surface area contributed by atoms with Crippen molar-refractivity contribution in [2.45, 2.75) is 58.7 Å². The number of aromatic nitrogens is 2. The van der Waals surface area contributed by atoms with E-state index in [4.69, 9.17) is 9.26 Å². The molecule has 0 aliphatic carbocycles. The molecule has 0 bridgehead atoms. The fraction of sp³-hybridized carbons (Fsp3) is 0.462. The van der Waals surface area contributed by atoms with Gasteiger partial charge in [0.05, 0.1) is 29.3 Å². The molecule has 0 spiro atoms. The number of rotatable bonds is 7. The molecule has 0 radical (unpaired) electrons. The van der Waals surface area contributed by atoms with E-state index >= 15 is 0 Å². The van der Waals surface area contributed by atoms with Crippen LogP contribution in [-0.4, -0.2) is 57.8 Å². The number of nitrogens with zero attached hydrogens (tertiary/aromatic N) is 3. The normalized spacial score (nSPS) is 18.8. The SMILES string of the molecule is COc1cc(C(C(=O)N2C[C@H](O)C[C@H]2C(=O)NCc2ccc(-c3scnc3C)cc2)C(C)(C)C)on1. The van der Waals surface area contributed by atoms with E-state index < -0.39 is 23.5 Å². The average molecular weight is 513 g/mol. The number of β-amino-alcohol motifs (C(OH)–C–C–N with tert-alkyl or cyclic N) is 1. The molecular weight excluding hydrogens is 480 g/mol. The summed E-state index contributed by atoms with van der Waals surface area (Å²) in [6.45, 7) is 8.14. The number of aliphatic hydroxyl groups is 1. The minimum Gasteiger partial charge on any atom is -0.479 e. The molecule has 2 amide bonds.